The summed E-state index contributed by atoms with van der Waals surface area (Å²) < 4.78 is 6.09. The standard InChI is InChI=1S/C21H30N4O2S/c1-12(2)20(4,11-22)23-17(26)13(3)28-19-25-24-18(27-19)21-8-14-5-15(9-21)7-16(6-14)10-21/h12-16H,5-10H2,1-4H3,(H,23,26)/t13-,14?,15?,16?,20-,21?/m1/s1. The summed E-state index contributed by atoms with van der Waals surface area (Å²) in [6.45, 7) is 7.42. The third kappa shape index (κ3) is 3.45. The second kappa shape index (κ2) is 7.05. The molecular formula is C21H30N4O2S. The first-order valence-corrected chi connectivity index (χ1v) is 11.3. The lowest BCUT2D eigenvalue weighted by atomic mass is 9.49. The number of carbonyl (C=O) groups is 1. The van der Waals surface area contributed by atoms with Crippen LogP contribution in [-0.4, -0.2) is 26.9 Å². The van der Waals surface area contributed by atoms with E-state index in [4.69, 9.17) is 4.42 Å². The molecule has 0 aromatic carbocycles. The summed E-state index contributed by atoms with van der Waals surface area (Å²) in [6, 6.07) is 2.21. The summed E-state index contributed by atoms with van der Waals surface area (Å²) in [4.78, 5) is 12.6. The first kappa shape index (κ1) is 19.8. The second-order valence-corrected chi connectivity index (χ2v) is 11.1. The highest BCUT2D eigenvalue weighted by Crippen LogP contribution is 2.60. The van der Waals surface area contributed by atoms with Crippen molar-refractivity contribution < 1.29 is 9.21 Å². The molecule has 7 heteroatoms. The lowest BCUT2D eigenvalue weighted by Gasteiger charge is -2.55. The number of nitrogens with zero attached hydrogens (tertiary/aromatic N) is 3. The molecule has 28 heavy (non-hydrogen) atoms. The highest BCUT2D eigenvalue weighted by Gasteiger charge is 2.54. The minimum atomic E-state index is -0.884. The van der Waals surface area contributed by atoms with Gasteiger partial charge in [-0.15, -0.1) is 10.2 Å². The zero-order chi connectivity index (χ0) is 20.1. The molecular weight excluding hydrogens is 372 g/mol. The molecule has 0 unspecified atom stereocenters. The second-order valence-electron chi connectivity index (χ2n) is 9.79. The Labute approximate surface area is 171 Å². The number of hydrogen-bond donors (Lipinski definition) is 1. The van der Waals surface area contributed by atoms with Crippen molar-refractivity contribution in [2.45, 2.75) is 87.6 Å². The first-order chi connectivity index (χ1) is 13.2. The molecule has 0 radical (unpaired) electrons. The summed E-state index contributed by atoms with van der Waals surface area (Å²) in [5.41, 5.74) is -0.811. The summed E-state index contributed by atoms with van der Waals surface area (Å²) >= 11 is 1.28. The van der Waals surface area contributed by atoms with E-state index in [1.165, 1.54) is 50.3 Å². The largest absolute Gasteiger partial charge is 0.415 e. The van der Waals surface area contributed by atoms with Gasteiger partial charge in [0, 0.05) is 5.41 Å². The Bertz CT molecular complexity index is 763. The molecule has 1 aromatic heterocycles. The molecule has 152 valence electrons. The van der Waals surface area contributed by atoms with Crippen LogP contribution >= 0.6 is 11.8 Å². The smallest absolute Gasteiger partial charge is 0.277 e. The van der Waals surface area contributed by atoms with Crippen LogP contribution in [0.4, 0.5) is 0 Å². The molecule has 4 aliphatic carbocycles. The number of nitrogens with one attached hydrogen (secondary N) is 1. The lowest BCUT2D eigenvalue weighted by molar-refractivity contribution is -0.121. The van der Waals surface area contributed by atoms with Crippen LogP contribution < -0.4 is 5.32 Å². The SMILES string of the molecule is CC(C)[C@@](C)(C#N)NC(=O)[C@@H](C)Sc1nnc(C23CC4CC(CC(C4)C2)C3)o1. The van der Waals surface area contributed by atoms with Crippen LogP contribution in [0.2, 0.25) is 0 Å². The van der Waals surface area contributed by atoms with E-state index in [2.05, 4.69) is 21.6 Å². The topological polar surface area (TPSA) is 91.8 Å². The van der Waals surface area contributed by atoms with Gasteiger partial charge in [-0.2, -0.15) is 5.26 Å². The lowest BCUT2D eigenvalue weighted by Crippen LogP contribution is -2.51. The van der Waals surface area contributed by atoms with E-state index in [-0.39, 0.29) is 17.2 Å². The van der Waals surface area contributed by atoms with Gasteiger partial charge in [-0.05, 0) is 76.0 Å². The van der Waals surface area contributed by atoms with Crippen molar-refractivity contribution in [2.75, 3.05) is 0 Å². The van der Waals surface area contributed by atoms with E-state index in [0.717, 1.165) is 23.6 Å². The number of carbonyl (C=O) groups excluding carboxylic acids is 1. The van der Waals surface area contributed by atoms with Crippen LogP contribution in [0.25, 0.3) is 0 Å². The van der Waals surface area contributed by atoms with Gasteiger partial charge in [0.2, 0.25) is 11.8 Å². The van der Waals surface area contributed by atoms with Crippen molar-refractivity contribution in [3.8, 4) is 6.07 Å². The van der Waals surface area contributed by atoms with Crippen molar-refractivity contribution >= 4 is 17.7 Å². The highest BCUT2D eigenvalue weighted by atomic mass is 32.2. The fraction of sp³-hybridized carbons (Fsp3) is 0.810. The normalized spacial score (nSPS) is 34.1. The number of hydrogen-bond acceptors (Lipinski definition) is 6. The predicted molar refractivity (Wildman–Crippen MR) is 106 cm³/mol. The zero-order valence-corrected chi connectivity index (χ0v) is 18.0. The monoisotopic (exact) mass is 402 g/mol. The summed E-state index contributed by atoms with van der Waals surface area (Å²) in [7, 11) is 0. The molecule has 5 rings (SSSR count). The molecule has 4 aliphatic rings. The van der Waals surface area contributed by atoms with E-state index < -0.39 is 10.8 Å². The Balaban J connectivity index is 1.43. The maximum absolute atomic E-state index is 12.6. The average Bonchev–Trinajstić information content (AvgIpc) is 3.09. The number of aromatic nitrogens is 2. The number of nitriles is 1. The van der Waals surface area contributed by atoms with Crippen LogP contribution in [0.3, 0.4) is 0 Å². The molecule has 1 heterocycles. The van der Waals surface area contributed by atoms with E-state index in [1.807, 2.05) is 20.8 Å². The van der Waals surface area contributed by atoms with Crippen molar-refractivity contribution in [1.29, 1.82) is 5.26 Å². The van der Waals surface area contributed by atoms with Gasteiger partial charge in [0.15, 0.2) is 0 Å². The molecule has 4 saturated carbocycles. The van der Waals surface area contributed by atoms with Crippen molar-refractivity contribution in [2.24, 2.45) is 23.7 Å². The third-order valence-electron chi connectivity index (χ3n) is 7.32. The summed E-state index contributed by atoms with van der Waals surface area (Å²) in [5.74, 6) is 3.07. The van der Waals surface area contributed by atoms with Gasteiger partial charge in [-0.1, -0.05) is 25.6 Å². The minimum absolute atomic E-state index is 0.0183. The first-order valence-electron chi connectivity index (χ1n) is 10.5. The number of rotatable bonds is 6. The van der Waals surface area contributed by atoms with E-state index >= 15 is 0 Å². The Morgan fingerprint density at radius 1 is 1.21 bits per heavy atom. The fourth-order valence-corrected chi connectivity index (χ4v) is 6.39. The fourth-order valence-electron chi connectivity index (χ4n) is 5.71. The van der Waals surface area contributed by atoms with Gasteiger partial charge < -0.3 is 9.73 Å². The van der Waals surface area contributed by atoms with Crippen molar-refractivity contribution in [3.63, 3.8) is 0 Å². The van der Waals surface area contributed by atoms with Gasteiger partial charge in [-0.3, -0.25) is 4.79 Å². The molecule has 4 fully saturated rings. The van der Waals surface area contributed by atoms with Gasteiger partial charge in [0.25, 0.3) is 5.22 Å². The molecule has 1 N–H and O–H groups in total. The Morgan fingerprint density at radius 3 is 2.29 bits per heavy atom. The Kier molecular flexibility index (Phi) is 4.97. The quantitative estimate of drug-likeness (QED) is 0.721. The van der Waals surface area contributed by atoms with Gasteiger partial charge in [0.05, 0.1) is 11.3 Å². The van der Waals surface area contributed by atoms with Crippen molar-refractivity contribution in [1.82, 2.24) is 15.5 Å². The maximum Gasteiger partial charge on any atom is 0.277 e. The van der Waals surface area contributed by atoms with Crippen molar-refractivity contribution in [3.05, 3.63) is 5.89 Å². The summed E-state index contributed by atoms with van der Waals surface area (Å²) in [5, 5.41) is 21.0. The molecule has 0 spiro atoms. The molecule has 4 bridgehead atoms. The van der Waals surface area contributed by atoms with E-state index in [9.17, 15) is 10.1 Å². The average molecular weight is 403 g/mol. The Morgan fingerprint density at radius 2 is 1.79 bits per heavy atom. The van der Waals surface area contributed by atoms with Crippen LogP contribution in [-0.2, 0) is 10.2 Å². The van der Waals surface area contributed by atoms with Crippen LogP contribution in [0.1, 0.15) is 72.1 Å². The number of amides is 1. The summed E-state index contributed by atoms with van der Waals surface area (Å²) in [6.07, 6.45) is 7.65. The molecule has 1 amide bonds. The van der Waals surface area contributed by atoms with Gasteiger partial charge in [-0.25, -0.2) is 0 Å². The predicted octanol–water partition coefficient (Wildman–Crippen LogP) is 4.07. The number of thioether (sulfide) groups is 1. The highest BCUT2D eigenvalue weighted by molar-refractivity contribution is 8.00. The molecule has 6 nitrogen and oxygen atoms in total. The maximum atomic E-state index is 12.6. The molecule has 1 aromatic rings. The van der Waals surface area contributed by atoms with Crippen LogP contribution in [0.15, 0.2) is 9.64 Å². The van der Waals surface area contributed by atoms with E-state index in [0.29, 0.717) is 5.22 Å². The Hall–Kier alpha value is -1.55. The minimum Gasteiger partial charge on any atom is -0.415 e. The van der Waals surface area contributed by atoms with Crippen LogP contribution in [0.5, 0.6) is 0 Å². The third-order valence-corrected chi connectivity index (χ3v) is 8.25. The molecule has 0 saturated heterocycles. The van der Waals surface area contributed by atoms with Gasteiger partial charge in [0.1, 0.15) is 5.54 Å². The molecule has 0 aliphatic heterocycles. The van der Waals surface area contributed by atoms with E-state index in [1.54, 1.807) is 6.92 Å². The van der Waals surface area contributed by atoms with Gasteiger partial charge >= 0.3 is 0 Å². The zero-order valence-electron chi connectivity index (χ0n) is 17.2. The van der Waals surface area contributed by atoms with Crippen LogP contribution in [0, 0.1) is 35.0 Å². The molecule has 2 atom stereocenters.